The second kappa shape index (κ2) is 7.23. The third kappa shape index (κ3) is 3.18. The lowest BCUT2D eigenvalue weighted by atomic mass is 9.99. The van der Waals surface area contributed by atoms with Crippen LogP contribution in [-0.2, 0) is 4.84 Å². The number of anilines is 1. The van der Waals surface area contributed by atoms with E-state index in [1.54, 1.807) is 18.9 Å². The molecule has 2 aromatic heterocycles. The molecule has 0 radical (unpaired) electrons. The minimum Gasteiger partial charge on any atom is -0.361 e. The van der Waals surface area contributed by atoms with Crippen LogP contribution in [0.2, 0.25) is 0 Å². The molecular formula is C19H19N5OS. The van der Waals surface area contributed by atoms with Crippen molar-refractivity contribution in [1.82, 2.24) is 20.2 Å². The van der Waals surface area contributed by atoms with Gasteiger partial charge in [-0.1, -0.05) is 30.8 Å². The lowest BCUT2D eigenvalue weighted by Gasteiger charge is -2.10. The van der Waals surface area contributed by atoms with E-state index in [9.17, 15) is 0 Å². The van der Waals surface area contributed by atoms with Crippen LogP contribution in [-0.4, -0.2) is 33.0 Å². The Kier molecular flexibility index (Phi) is 4.64. The van der Waals surface area contributed by atoms with Gasteiger partial charge in [0.2, 0.25) is 5.16 Å². The Morgan fingerprint density at radius 2 is 2.04 bits per heavy atom. The molecule has 0 amide bonds. The summed E-state index contributed by atoms with van der Waals surface area (Å²) in [6.45, 7) is 2.08. The molecule has 0 unspecified atom stereocenters. The summed E-state index contributed by atoms with van der Waals surface area (Å²) in [7, 11) is 1.60. The van der Waals surface area contributed by atoms with Crippen molar-refractivity contribution in [2.75, 3.05) is 18.3 Å². The fraction of sp³-hybridized carbons (Fsp3) is 0.158. The minimum absolute atomic E-state index is 0.739. The Hall–Kier alpha value is -2.77. The molecule has 132 valence electrons. The summed E-state index contributed by atoms with van der Waals surface area (Å²) in [5.74, 6) is 1.67. The molecule has 26 heavy (non-hydrogen) atoms. The Morgan fingerprint density at radius 1 is 1.15 bits per heavy atom. The molecule has 0 fully saturated rings. The molecule has 0 atom stereocenters. The minimum atomic E-state index is 0.739. The summed E-state index contributed by atoms with van der Waals surface area (Å²) in [5.41, 5.74) is 8.06. The number of H-pyrrole nitrogens is 2. The van der Waals surface area contributed by atoms with Crippen molar-refractivity contribution in [3.05, 3.63) is 48.7 Å². The van der Waals surface area contributed by atoms with Crippen LogP contribution >= 0.6 is 11.8 Å². The van der Waals surface area contributed by atoms with E-state index in [2.05, 4.69) is 69.0 Å². The number of hydrogen-bond donors (Lipinski definition) is 3. The predicted octanol–water partition coefficient (Wildman–Crippen LogP) is 4.71. The number of fused-ring (bicyclic) bond motifs is 1. The van der Waals surface area contributed by atoms with Gasteiger partial charge in [-0.15, -0.1) is 5.10 Å². The molecule has 2 aromatic carbocycles. The Labute approximate surface area is 155 Å². The van der Waals surface area contributed by atoms with Crippen molar-refractivity contribution in [3.8, 4) is 22.5 Å². The largest absolute Gasteiger partial charge is 0.361 e. The summed E-state index contributed by atoms with van der Waals surface area (Å²) in [4.78, 5) is 13.0. The second-order valence-electron chi connectivity index (χ2n) is 5.75. The fourth-order valence-electron chi connectivity index (χ4n) is 3.00. The fourth-order valence-corrected chi connectivity index (χ4v) is 3.53. The van der Waals surface area contributed by atoms with Gasteiger partial charge in [-0.25, -0.2) is 4.98 Å². The molecule has 0 aliphatic carbocycles. The standard InChI is InChI=1S/C19H19N5OS/c1-3-26-19-21-18(22-23-19)13-9-12(10-14(11-13)24-25-2)15-5-4-6-17-16(15)7-8-20-17/h4-11,20,24H,3H2,1-2H3,(H,21,22,23). The number of rotatable bonds is 6. The molecule has 6 nitrogen and oxygen atoms in total. The van der Waals surface area contributed by atoms with Crippen LogP contribution in [0.1, 0.15) is 6.92 Å². The lowest BCUT2D eigenvalue weighted by Crippen LogP contribution is -1.97. The van der Waals surface area contributed by atoms with Crippen molar-refractivity contribution in [2.45, 2.75) is 12.1 Å². The van der Waals surface area contributed by atoms with Gasteiger partial charge >= 0.3 is 0 Å². The van der Waals surface area contributed by atoms with Gasteiger partial charge < -0.3 is 4.98 Å². The molecule has 4 aromatic rings. The first-order chi connectivity index (χ1) is 12.8. The van der Waals surface area contributed by atoms with E-state index in [-0.39, 0.29) is 0 Å². The topological polar surface area (TPSA) is 78.6 Å². The van der Waals surface area contributed by atoms with Crippen molar-refractivity contribution in [2.24, 2.45) is 0 Å². The average Bonchev–Trinajstić information content (AvgIpc) is 3.31. The van der Waals surface area contributed by atoms with Crippen LogP contribution < -0.4 is 5.48 Å². The van der Waals surface area contributed by atoms with Crippen LogP contribution in [0, 0.1) is 0 Å². The van der Waals surface area contributed by atoms with Gasteiger partial charge in [0.15, 0.2) is 5.82 Å². The van der Waals surface area contributed by atoms with E-state index < -0.39 is 0 Å². The second-order valence-corrected chi connectivity index (χ2v) is 6.98. The molecule has 3 N–H and O–H groups in total. The van der Waals surface area contributed by atoms with Gasteiger partial charge in [0.05, 0.1) is 12.8 Å². The zero-order chi connectivity index (χ0) is 17.9. The summed E-state index contributed by atoms with van der Waals surface area (Å²) in [6, 6.07) is 14.5. The molecule has 0 bridgehead atoms. The summed E-state index contributed by atoms with van der Waals surface area (Å²) in [6.07, 6.45) is 1.96. The molecule has 7 heteroatoms. The molecule has 0 saturated heterocycles. The smallest absolute Gasteiger partial charge is 0.208 e. The average molecular weight is 365 g/mol. The van der Waals surface area contributed by atoms with Crippen LogP contribution in [0.25, 0.3) is 33.4 Å². The van der Waals surface area contributed by atoms with Gasteiger partial charge in [-0.2, -0.15) is 0 Å². The van der Waals surface area contributed by atoms with E-state index in [4.69, 9.17) is 4.84 Å². The van der Waals surface area contributed by atoms with Crippen LogP contribution in [0.4, 0.5) is 5.69 Å². The van der Waals surface area contributed by atoms with Crippen molar-refractivity contribution in [3.63, 3.8) is 0 Å². The third-order valence-corrected chi connectivity index (χ3v) is 4.80. The van der Waals surface area contributed by atoms with Crippen LogP contribution in [0.3, 0.4) is 0 Å². The first-order valence-electron chi connectivity index (χ1n) is 8.34. The first-order valence-corrected chi connectivity index (χ1v) is 9.33. The number of benzene rings is 2. The number of thioether (sulfide) groups is 1. The maximum Gasteiger partial charge on any atom is 0.208 e. The number of aromatic amines is 2. The summed E-state index contributed by atoms with van der Waals surface area (Å²) in [5, 5.41) is 9.23. The number of hydrogen-bond acceptors (Lipinski definition) is 5. The highest BCUT2D eigenvalue weighted by Crippen LogP contribution is 2.33. The predicted molar refractivity (Wildman–Crippen MR) is 106 cm³/mol. The molecule has 0 aliphatic heterocycles. The molecular weight excluding hydrogens is 346 g/mol. The molecule has 4 rings (SSSR count). The summed E-state index contributed by atoms with van der Waals surface area (Å²) >= 11 is 1.61. The van der Waals surface area contributed by atoms with E-state index >= 15 is 0 Å². The molecule has 2 heterocycles. The maximum atomic E-state index is 5.12. The molecule has 0 spiro atoms. The summed E-state index contributed by atoms with van der Waals surface area (Å²) < 4.78 is 0. The van der Waals surface area contributed by atoms with Crippen LogP contribution in [0.15, 0.2) is 53.8 Å². The van der Waals surface area contributed by atoms with Crippen molar-refractivity contribution in [1.29, 1.82) is 0 Å². The Balaban J connectivity index is 1.84. The normalized spacial score (nSPS) is 11.2. The van der Waals surface area contributed by atoms with Gasteiger partial charge in [0, 0.05) is 22.7 Å². The van der Waals surface area contributed by atoms with E-state index in [1.807, 2.05) is 12.3 Å². The number of nitrogens with one attached hydrogen (secondary N) is 3. The highest BCUT2D eigenvalue weighted by molar-refractivity contribution is 7.99. The van der Waals surface area contributed by atoms with Crippen molar-refractivity contribution < 1.29 is 4.84 Å². The molecule has 0 saturated carbocycles. The van der Waals surface area contributed by atoms with E-state index in [1.165, 1.54) is 5.39 Å². The lowest BCUT2D eigenvalue weighted by molar-refractivity contribution is 0.271. The highest BCUT2D eigenvalue weighted by atomic mass is 32.2. The number of aromatic nitrogens is 4. The van der Waals surface area contributed by atoms with Gasteiger partial charge in [-0.05, 0) is 47.2 Å². The monoisotopic (exact) mass is 365 g/mol. The van der Waals surface area contributed by atoms with Crippen LogP contribution in [0.5, 0.6) is 0 Å². The van der Waals surface area contributed by atoms with E-state index in [0.29, 0.717) is 0 Å². The molecule has 0 aliphatic rings. The Morgan fingerprint density at radius 3 is 2.88 bits per heavy atom. The Bertz CT molecular complexity index is 1040. The first kappa shape index (κ1) is 16.7. The highest BCUT2D eigenvalue weighted by Gasteiger charge is 2.11. The quantitative estimate of drug-likeness (QED) is 0.341. The SMILES string of the molecule is CCSc1n[nH]c(-c2cc(NOC)cc(-c3cccc4[nH]ccc34)c2)n1. The van der Waals surface area contributed by atoms with Gasteiger partial charge in [-0.3, -0.25) is 15.4 Å². The van der Waals surface area contributed by atoms with E-state index in [0.717, 1.165) is 44.6 Å². The van der Waals surface area contributed by atoms with Crippen molar-refractivity contribution >= 4 is 28.4 Å². The zero-order valence-electron chi connectivity index (χ0n) is 14.5. The van der Waals surface area contributed by atoms with Gasteiger partial charge in [0.25, 0.3) is 0 Å². The maximum absolute atomic E-state index is 5.12. The third-order valence-electron chi connectivity index (χ3n) is 4.07. The zero-order valence-corrected chi connectivity index (χ0v) is 15.4. The number of nitrogens with zero attached hydrogens (tertiary/aromatic N) is 2. The van der Waals surface area contributed by atoms with Gasteiger partial charge in [0.1, 0.15) is 0 Å².